The Hall–Kier alpha value is -0.660. The highest BCUT2D eigenvalue weighted by Gasteiger charge is 2.18. The Labute approximate surface area is 90.9 Å². The van der Waals surface area contributed by atoms with Gasteiger partial charge in [0.1, 0.15) is 0 Å². The maximum Gasteiger partial charge on any atom is 0.223 e. The minimum Gasteiger partial charge on any atom is -0.349 e. The molecule has 0 spiro atoms. The van der Waals surface area contributed by atoms with Crippen molar-refractivity contribution < 1.29 is 13.2 Å². The number of amides is 1. The van der Waals surface area contributed by atoms with E-state index in [0.29, 0.717) is 0 Å². The molecule has 15 heavy (non-hydrogen) atoms. The van der Waals surface area contributed by atoms with Gasteiger partial charge in [0.2, 0.25) is 15.9 Å². The number of nitrogens with two attached hydrogens (primary N) is 1. The summed E-state index contributed by atoms with van der Waals surface area (Å²) in [4.78, 5) is 12.6. The first-order valence-corrected chi connectivity index (χ1v) is 6.24. The van der Waals surface area contributed by atoms with Crippen LogP contribution >= 0.6 is 0 Å². The fraction of sp³-hybridized carbons (Fsp3) is 0.875. The molecular formula is C8H19N3O3S. The van der Waals surface area contributed by atoms with Crippen molar-refractivity contribution in [3.05, 3.63) is 0 Å². The third-order valence-corrected chi connectivity index (χ3v) is 3.86. The highest BCUT2D eigenvalue weighted by atomic mass is 32.2. The lowest BCUT2D eigenvalue weighted by Gasteiger charge is -2.13. The topological polar surface area (TPSA) is 92.5 Å². The molecule has 3 N–H and O–H groups in total. The summed E-state index contributed by atoms with van der Waals surface area (Å²) in [5, 5.41) is -0.632. The molecule has 0 aliphatic rings. The third kappa shape index (κ3) is 5.10. The molecule has 1 atom stereocenters. The summed E-state index contributed by atoms with van der Waals surface area (Å²) >= 11 is 0. The van der Waals surface area contributed by atoms with Crippen LogP contribution in [0.1, 0.15) is 13.3 Å². The second kappa shape index (κ2) is 6.04. The lowest BCUT2D eigenvalue weighted by molar-refractivity contribution is -0.128. The summed E-state index contributed by atoms with van der Waals surface area (Å²) in [6.07, 6.45) is 0.156. The van der Waals surface area contributed by atoms with Gasteiger partial charge in [0.25, 0.3) is 0 Å². The van der Waals surface area contributed by atoms with Crippen LogP contribution in [-0.4, -0.2) is 51.7 Å². The van der Waals surface area contributed by atoms with Gasteiger partial charge in [-0.25, -0.2) is 13.1 Å². The van der Waals surface area contributed by atoms with Crippen LogP contribution in [0.25, 0.3) is 0 Å². The molecule has 0 aromatic rings. The smallest absolute Gasteiger partial charge is 0.223 e. The third-order valence-electron chi connectivity index (χ3n) is 2.00. The Balaban J connectivity index is 4.02. The van der Waals surface area contributed by atoms with E-state index in [1.54, 1.807) is 14.1 Å². The summed E-state index contributed by atoms with van der Waals surface area (Å²) < 4.78 is 25.1. The Bertz CT molecular complexity index is 300. The largest absolute Gasteiger partial charge is 0.349 e. The summed E-state index contributed by atoms with van der Waals surface area (Å²) in [5.74, 6) is -0.113. The Morgan fingerprint density at radius 1 is 1.47 bits per heavy atom. The van der Waals surface area contributed by atoms with Crippen molar-refractivity contribution in [3.63, 3.8) is 0 Å². The summed E-state index contributed by atoms with van der Waals surface area (Å²) in [6, 6.07) is 0. The molecule has 0 radical (unpaired) electrons. The zero-order valence-corrected chi connectivity index (χ0v) is 10.2. The van der Waals surface area contributed by atoms with E-state index < -0.39 is 15.3 Å². The average molecular weight is 237 g/mol. The van der Waals surface area contributed by atoms with Crippen LogP contribution in [-0.2, 0) is 14.8 Å². The maximum atomic E-state index is 11.4. The van der Waals surface area contributed by atoms with Gasteiger partial charge in [-0.15, -0.1) is 0 Å². The Morgan fingerprint density at radius 2 is 2.00 bits per heavy atom. The molecular weight excluding hydrogens is 218 g/mol. The molecule has 0 aliphatic carbocycles. The van der Waals surface area contributed by atoms with E-state index in [-0.39, 0.29) is 25.4 Å². The molecule has 90 valence electrons. The molecule has 1 unspecified atom stereocenters. The minimum atomic E-state index is -3.38. The van der Waals surface area contributed by atoms with E-state index in [9.17, 15) is 13.2 Å². The predicted molar refractivity (Wildman–Crippen MR) is 58.7 cm³/mol. The molecule has 7 heteroatoms. The highest BCUT2D eigenvalue weighted by Crippen LogP contribution is 1.96. The zero-order valence-electron chi connectivity index (χ0n) is 9.36. The molecule has 0 saturated heterocycles. The average Bonchev–Trinajstić information content (AvgIpc) is 2.15. The van der Waals surface area contributed by atoms with Gasteiger partial charge in [0.05, 0.1) is 5.25 Å². The highest BCUT2D eigenvalue weighted by molar-refractivity contribution is 7.90. The first-order valence-electron chi connectivity index (χ1n) is 4.70. The van der Waals surface area contributed by atoms with Gasteiger partial charge in [-0.05, 0) is 6.92 Å². The van der Waals surface area contributed by atoms with Crippen LogP contribution in [0.3, 0.4) is 0 Å². The van der Waals surface area contributed by atoms with E-state index in [4.69, 9.17) is 5.73 Å². The second-order valence-corrected chi connectivity index (χ2v) is 5.71. The van der Waals surface area contributed by atoms with E-state index in [2.05, 4.69) is 4.72 Å². The van der Waals surface area contributed by atoms with Crippen LogP contribution < -0.4 is 10.5 Å². The van der Waals surface area contributed by atoms with Gasteiger partial charge in [0.15, 0.2) is 0 Å². The van der Waals surface area contributed by atoms with Crippen LogP contribution in [0.5, 0.6) is 0 Å². The first-order chi connectivity index (χ1) is 6.81. The fourth-order valence-corrected chi connectivity index (χ4v) is 1.72. The van der Waals surface area contributed by atoms with Crippen molar-refractivity contribution in [2.45, 2.75) is 18.6 Å². The van der Waals surface area contributed by atoms with Crippen molar-refractivity contribution >= 4 is 15.9 Å². The number of nitrogens with one attached hydrogen (secondary N) is 1. The lowest BCUT2D eigenvalue weighted by atomic mass is 10.4. The molecule has 0 fully saturated rings. The lowest BCUT2D eigenvalue weighted by Crippen LogP contribution is -2.38. The molecule has 1 amide bonds. The monoisotopic (exact) mass is 237 g/mol. The minimum absolute atomic E-state index is 0.0664. The molecule has 0 aromatic carbocycles. The Kier molecular flexibility index (Phi) is 5.77. The predicted octanol–water partition coefficient (Wildman–Crippen LogP) is -1.27. The molecule has 0 aliphatic heterocycles. The fourth-order valence-electron chi connectivity index (χ4n) is 0.793. The van der Waals surface area contributed by atoms with Gasteiger partial charge >= 0.3 is 0 Å². The molecule has 6 nitrogen and oxygen atoms in total. The standard InChI is InChI=1S/C8H19N3O3S/c1-7(6-9)15(13,14)10-5-4-8(12)11(2)3/h7,10H,4-6,9H2,1-3H3. The number of hydrogen-bond donors (Lipinski definition) is 2. The van der Waals surface area contributed by atoms with E-state index in [0.717, 1.165) is 0 Å². The number of carbonyl (C=O) groups is 1. The SMILES string of the molecule is CC(CN)S(=O)(=O)NCCC(=O)N(C)C. The molecule has 0 rings (SSSR count). The summed E-state index contributed by atoms with van der Waals surface area (Å²) in [6.45, 7) is 1.71. The van der Waals surface area contributed by atoms with Crippen LogP contribution in [0.4, 0.5) is 0 Å². The normalized spacial score (nSPS) is 13.6. The van der Waals surface area contributed by atoms with Gasteiger partial charge in [0, 0.05) is 33.6 Å². The number of hydrogen-bond acceptors (Lipinski definition) is 4. The second-order valence-electron chi connectivity index (χ2n) is 3.52. The quantitative estimate of drug-likeness (QED) is 0.602. The van der Waals surface area contributed by atoms with Gasteiger partial charge in [-0.2, -0.15) is 0 Å². The molecule has 0 aromatic heterocycles. The van der Waals surface area contributed by atoms with Crippen LogP contribution in [0.2, 0.25) is 0 Å². The van der Waals surface area contributed by atoms with E-state index in [1.165, 1.54) is 11.8 Å². The van der Waals surface area contributed by atoms with E-state index >= 15 is 0 Å². The van der Waals surface area contributed by atoms with Crippen molar-refractivity contribution in [2.75, 3.05) is 27.2 Å². The summed E-state index contributed by atoms with van der Waals surface area (Å²) in [7, 11) is -0.129. The Morgan fingerprint density at radius 3 is 2.40 bits per heavy atom. The van der Waals surface area contributed by atoms with Crippen molar-refractivity contribution in [1.29, 1.82) is 0 Å². The van der Waals surface area contributed by atoms with Crippen molar-refractivity contribution in [1.82, 2.24) is 9.62 Å². The van der Waals surface area contributed by atoms with Gasteiger partial charge in [-0.1, -0.05) is 0 Å². The summed E-state index contributed by atoms with van der Waals surface area (Å²) in [5.41, 5.74) is 5.24. The van der Waals surface area contributed by atoms with Gasteiger partial charge < -0.3 is 10.6 Å². The number of nitrogens with zero attached hydrogens (tertiary/aromatic N) is 1. The molecule has 0 saturated carbocycles. The first kappa shape index (κ1) is 14.3. The van der Waals surface area contributed by atoms with Crippen LogP contribution in [0.15, 0.2) is 0 Å². The maximum absolute atomic E-state index is 11.4. The van der Waals surface area contributed by atoms with Crippen molar-refractivity contribution in [3.8, 4) is 0 Å². The van der Waals surface area contributed by atoms with Crippen molar-refractivity contribution in [2.24, 2.45) is 5.73 Å². The van der Waals surface area contributed by atoms with Crippen LogP contribution in [0, 0.1) is 0 Å². The zero-order chi connectivity index (χ0) is 12.1. The number of carbonyl (C=O) groups excluding carboxylic acids is 1. The molecule has 0 heterocycles. The van der Waals surface area contributed by atoms with E-state index in [1.807, 2.05) is 0 Å². The number of sulfonamides is 1. The molecule has 0 bridgehead atoms. The van der Waals surface area contributed by atoms with Gasteiger partial charge in [-0.3, -0.25) is 4.79 Å². The number of rotatable bonds is 6.